The summed E-state index contributed by atoms with van der Waals surface area (Å²) in [6, 6.07) is 11.7. The molecule has 0 saturated carbocycles. The summed E-state index contributed by atoms with van der Waals surface area (Å²) in [5, 5.41) is 14.2. The number of fused-ring (bicyclic) bond motifs is 1. The molecule has 0 aliphatic rings. The average molecular weight is 401 g/mol. The number of rotatable bonds is 5. The largest absolute Gasteiger partial charge is 0.369 e. The van der Waals surface area contributed by atoms with Crippen molar-refractivity contribution >= 4 is 50.8 Å². The van der Waals surface area contributed by atoms with Crippen molar-refractivity contribution in [3.05, 3.63) is 74.1 Å². The summed E-state index contributed by atoms with van der Waals surface area (Å²) in [7, 11) is 0. The molecule has 4 N–H and O–H groups in total. The second kappa shape index (κ2) is 8.14. The molecule has 0 bridgehead atoms. The van der Waals surface area contributed by atoms with Gasteiger partial charge >= 0.3 is 0 Å². The van der Waals surface area contributed by atoms with E-state index in [4.69, 9.17) is 18.0 Å². The number of hydrogen-bond acceptors (Lipinski definition) is 7. The van der Waals surface area contributed by atoms with Gasteiger partial charge in [-0.25, -0.2) is 4.98 Å². The zero-order valence-corrected chi connectivity index (χ0v) is 15.6. The van der Waals surface area contributed by atoms with E-state index in [-0.39, 0.29) is 17.2 Å². The minimum absolute atomic E-state index is 0.0620. The van der Waals surface area contributed by atoms with Crippen LogP contribution in [0.5, 0.6) is 0 Å². The second-order valence-electron chi connectivity index (χ2n) is 5.66. The van der Waals surface area contributed by atoms with Crippen LogP contribution in [0, 0.1) is 10.1 Å². The molecule has 138 valence electrons. The predicted molar refractivity (Wildman–Crippen MR) is 111 cm³/mol. The number of non-ortho nitro benzene ring substituents is 1. The van der Waals surface area contributed by atoms with Crippen molar-refractivity contribution in [1.82, 2.24) is 15.3 Å². The molecule has 27 heavy (non-hydrogen) atoms. The smallest absolute Gasteiger partial charge is 0.269 e. The number of thioether (sulfide) groups is 1. The maximum absolute atomic E-state index is 11.9. The van der Waals surface area contributed by atoms with Gasteiger partial charge in [-0.1, -0.05) is 42.2 Å². The second-order valence-corrected chi connectivity index (χ2v) is 7.31. The molecule has 0 radical (unpaired) electrons. The van der Waals surface area contributed by atoms with Crippen LogP contribution in [0.2, 0.25) is 0 Å². The van der Waals surface area contributed by atoms with E-state index in [9.17, 15) is 14.9 Å². The molecule has 3 aromatic rings. The number of thiocarbonyl (C=S) groups is 1. The van der Waals surface area contributed by atoms with Gasteiger partial charge in [0.2, 0.25) is 5.95 Å². The number of aromatic nitrogens is 2. The van der Waals surface area contributed by atoms with Gasteiger partial charge < -0.3 is 11.1 Å². The molecule has 3 rings (SSSR count). The first kappa shape index (κ1) is 18.8. The van der Waals surface area contributed by atoms with Crippen LogP contribution in [0.25, 0.3) is 10.9 Å². The minimum atomic E-state index is -0.429. The van der Waals surface area contributed by atoms with Crippen molar-refractivity contribution in [2.75, 3.05) is 5.73 Å². The number of aromatic amines is 1. The van der Waals surface area contributed by atoms with E-state index in [1.165, 1.54) is 23.9 Å². The summed E-state index contributed by atoms with van der Waals surface area (Å²) in [5.74, 6) is 0.687. The summed E-state index contributed by atoms with van der Waals surface area (Å²) < 4.78 is 0.595. The molecule has 2 aromatic carbocycles. The third kappa shape index (κ3) is 4.80. The Kier molecular flexibility index (Phi) is 5.67. The Hall–Kier alpha value is -2.98. The van der Waals surface area contributed by atoms with E-state index < -0.39 is 4.92 Å². The lowest BCUT2D eigenvalue weighted by Crippen LogP contribution is -2.18. The van der Waals surface area contributed by atoms with Crippen LogP contribution in [0.3, 0.4) is 0 Å². The quantitative estimate of drug-likeness (QED) is 0.338. The number of anilines is 1. The maximum atomic E-state index is 11.9. The Balaban J connectivity index is 1.56. The highest BCUT2D eigenvalue weighted by Gasteiger charge is 2.06. The highest BCUT2D eigenvalue weighted by Crippen LogP contribution is 2.18. The standard InChI is InChI=1S/C17H15N5O3S2/c18-16-20-14-6-3-11(7-13(14)15(23)21-16)8-19-17(26)27-9-10-1-4-12(5-2-10)22(24)25/h1-7H,8-9H2,(H,19,26)(H3,18,20,21,23). The van der Waals surface area contributed by atoms with Crippen molar-refractivity contribution < 1.29 is 4.92 Å². The summed E-state index contributed by atoms with van der Waals surface area (Å²) in [5.41, 5.74) is 7.68. The Morgan fingerprint density at radius 1 is 1.26 bits per heavy atom. The number of nitrogens with zero attached hydrogens (tertiary/aromatic N) is 2. The molecular weight excluding hydrogens is 386 g/mol. The summed E-state index contributed by atoms with van der Waals surface area (Å²) in [6.07, 6.45) is 0. The fourth-order valence-corrected chi connectivity index (χ4v) is 3.32. The van der Waals surface area contributed by atoms with Gasteiger partial charge in [-0.2, -0.15) is 0 Å². The number of nitro benzene ring substituents is 1. The molecule has 0 fully saturated rings. The topological polar surface area (TPSA) is 127 Å². The van der Waals surface area contributed by atoms with Crippen molar-refractivity contribution in [3.8, 4) is 0 Å². The van der Waals surface area contributed by atoms with Crippen molar-refractivity contribution in [2.45, 2.75) is 12.3 Å². The van der Waals surface area contributed by atoms with Crippen molar-refractivity contribution in [2.24, 2.45) is 0 Å². The van der Waals surface area contributed by atoms with Gasteiger partial charge in [0.15, 0.2) is 0 Å². The predicted octanol–water partition coefficient (Wildman–Crippen LogP) is 2.72. The van der Waals surface area contributed by atoms with Crippen LogP contribution in [0.1, 0.15) is 11.1 Å². The Morgan fingerprint density at radius 2 is 1.96 bits per heavy atom. The molecule has 0 spiro atoms. The SMILES string of the molecule is Nc1nc2ccc(CNC(=S)SCc3ccc([N+](=O)[O-])cc3)cc2c(=O)[nH]1. The van der Waals surface area contributed by atoms with Crippen molar-refractivity contribution in [3.63, 3.8) is 0 Å². The fraction of sp³-hybridized carbons (Fsp3) is 0.118. The lowest BCUT2D eigenvalue weighted by atomic mass is 10.1. The Labute approximate surface area is 163 Å². The molecule has 0 unspecified atom stereocenters. The Morgan fingerprint density at radius 3 is 2.67 bits per heavy atom. The van der Waals surface area contributed by atoms with E-state index in [0.717, 1.165) is 11.1 Å². The van der Waals surface area contributed by atoms with Gasteiger partial charge in [0.1, 0.15) is 4.32 Å². The van der Waals surface area contributed by atoms with Gasteiger partial charge in [0, 0.05) is 24.4 Å². The minimum Gasteiger partial charge on any atom is -0.369 e. The number of nitrogens with one attached hydrogen (secondary N) is 2. The first-order valence-electron chi connectivity index (χ1n) is 7.85. The normalized spacial score (nSPS) is 10.7. The number of hydrogen-bond donors (Lipinski definition) is 3. The first-order valence-corrected chi connectivity index (χ1v) is 9.24. The van der Waals surface area contributed by atoms with Crippen molar-refractivity contribution in [1.29, 1.82) is 0 Å². The van der Waals surface area contributed by atoms with E-state index >= 15 is 0 Å². The number of nitro groups is 1. The first-order chi connectivity index (χ1) is 12.9. The van der Waals surface area contributed by atoms with E-state index in [1.54, 1.807) is 24.3 Å². The summed E-state index contributed by atoms with van der Waals surface area (Å²) in [4.78, 5) is 28.7. The molecule has 0 saturated heterocycles. The van der Waals surface area contributed by atoms with Gasteiger partial charge in [-0.3, -0.25) is 19.9 Å². The highest BCUT2D eigenvalue weighted by molar-refractivity contribution is 8.22. The zero-order chi connectivity index (χ0) is 19.4. The third-order valence-corrected chi connectivity index (χ3v) is 5.12. The Bertz CT molecular complexity index is 1070. The number of nitrogens with two attached hydrogens (primary N) is 1. The molecular formula is C17H15N5O3S2. The average Bonchev–Trinajstić information content (AvgIpc) is 2.65. The lowest BCUT2D eigenvalue weighted by Gasteiger charge is -2.08. The van der Waals surface area contributed by atoms with Crippen LogP contribution in [0.15, 0.2) is 47.3 Å². The van der Waals surface area contributed by atoms with E-state index in [0.29, 0.717) is 27.5 Å². The van der Waals surface area contributed by atoms with Crippen LogP contribution in [-0.4, -0.2) is 19.2 Å². The van der Waals surface area contributed by atoms with Crippen LogP contribution < -0.4 is 16.6 Å². The number of H-pyrrole nitrogens is 1. The van der Waals surface area contributed by atoms with E-state index in [1.807, 2.05) is 6.07 Å². The lowest BCUT2D eigenvalue weighted by molar-refractivity contribution is -0.384. The molecule has 1 aromatic heterocycles. The third-order valence-electron chi connectivity index (χ3n) is 3.74. The van der Waals surface area contributed by atoms with Gasteiger partial charge in [0.05, 0.1) is 15.8 Å². The molecule has 0 atom stereocenters. The summed E-state index contributed by atoms with van der Waals surface area (Å²) in [6.45, 7) is 0.464. The maximum Gasteiger partial charge on any atom is 0.269 e. The van der Waals surface area contributed by atoms with Crippen LogP contribution >= 0.6 is 24.0 Å². The molecule has 0 aliphatic carbocycles. The molecule has 0 aliphatic heterocycles. The molecule has 1 heterocycles. The molecule has 10 heteroatoms. The number of benzene rings is 2. The van der Waals surface area contributed by atoms with Gasteiger partial charge in [-0.05, 0) is 23.3 Å². The monoisotopic (exact) mass is 401 g/mol. The number of nitrogen functional groups attached to an aromatic ring is 1. The van der Waals surface area contributed by atoms with Crippen LogP contribution in [0.4, 0.5) is 11.6 Å². The highest BCUT2D eigenvalue weighted by atomic mass is 32.2. The van der Waals surface area contributed by atoms with Gasteiger partial charge in [0.25, 0.3) is 11.2 Å². The van der Waals surface area contributed by atoms with Crippen LogP contribution in [-0.2, 0) is 12.3 Å². The van der Waals surface area contributed by atoms with Gasteiger partial charge in [-0.15, -0.1) is 0 Å². The molecule has 0 amide bonds. The summed E-state index contributed by atoms with van der Waals surface area (Å²) >= 11 is 6.73. The fourth-order valence-electron chi connectivity index (χ4n) is 2.40. The zero-order valence-electron chi connectivity index (χ0n) is 14.0. The molecule has 8 nitrogen and oxygen atoms in total. The van der Waals surface area contributed by atoms with E-state index in [2.05, 4.69) is 15.3 Å².